The van der Waals surface area contributed by atoms with Crippen LogP contribution in [0.15, 0.2) is 18.2 Å². The fraction of sp³-hybridized carbons (Fsp3) is 0.533. The van der Waals surface area contributed by atoms with Crippen molar-refractivity contribution in [2.45, 2.75) is 44.1 Å². The largest absolute Gasteiger partial charge is 0.349 e. The molecule has 0 radical (unpaired) electrons. The Balaban J connectivity index is 2.05. The number of hydrogen-bond acceptors (Lipinski definition) is 2. The maximum Gasteiger partial charge on any atom is 0.225 e. The van der Waals surface area contributed by atoms with E-state index < -0.39 is 17.2 Å². The zero-order chi connectivity index (χ0) is 14.6. The van der Waals surface area contributed by atoms with Gasteiger partial charge in [-0.05, 0) is 25.0 Å². The normalized spacial score (nSPS) is 17.8. The first kappa shape index (κ1) is 14.9. The molecule has 1 amide bonds. The molecule has 1 aliphatic rings. The lowest BCUT2D eigenvalue weighted by Gasteiger charge is -2.37. The topological polar surface area (TPSA) is 55.1 Å². The summed E-state index contributed by atoms with van der Waals surface area (Å²) in [5.41, 5.74) is 5.18. The molecule has 1 aromatic rings. The number of hydrogen-bond donors (Lipinski definition) is 2. The van der Waals surface area contributed by atoms with E-state index in [1.54, 1.807) is 0 Å². The first-order chi connectivity index (χ1) is 9.56. The molecule has 0 saturated heterocycles. The van der Waals surface area contributed by atoms with E-state index in [4.69, 9.17) is 5.73 Å². The summed E-state index contributed by atoms with van der Waals surface area (Å²) >= 11 is 0. The second-order valence-electron chi connectivity index (χ2n) is 5.47. The lowest BCUT2D eigenvalue weighted by atomic mass is 9.81. The Morgan fingerprint density at radius 1 is 1.20 bits per heavy atom. The average molecular weight is 282 g/mol. The highest BCUT2D eigenvalue weighted by molar-refractivity contribution is 5.79. The van der Waals surface area contributed by atoms with E-state index in [2.05, 4.69) is 5.32 Å². The number of halogens is 2. The Morgan fingerprint density at radius 3 is 2.35 bits per heavy atom. The molecule has 0 unspecified atom stereocenters. The molecule has 2 rings (SSSR count). The van der Waals surface area contributed by atoms with Gasteiger partial charge in [-0.3, -0.25) is 4.79 Å². The van der Waals surface area contributed by atoms with Gasteiger partial charge >= 0.3 is 0 Å². The maximum atomic E-state index is 13.5. The highest BCUT2D eigenvalue weighted by Gasteiger charge is 2.32. The molecule has 1 aromatic carbocycles. The van der Waals surface area contributed by atoms with Crippen LogP contribution in [0.1, 0.15) is 37.7 Å². The van der Waals surface area contributed by atoms with Crippen LogP contribution in [0.4, 0.5) is 8.78 Å². The van der Waals surface area contributed by atoms with E-state index in [1.165, 1.54) is 6.07 Å². The number of nitrogens with two attached hydrogens (primary N) is 1. The fourth-order valence-corrected chi connectivity index (χ4v) is 2.81. The van der Waals surface area contributed by atoms with E-state index in [1.807, 2.05) is 0 Å². The summed E-state index contributed by atoms with van der Waals surface area (Å²) < 4.78 is 27.0. The first-order valence-corrected chi connectivity index (χ1v) is 7.00. The van der Waals surface area contributed by atoms with E-state index in [9.17, 15) is 13.6 Å². The van der Waals surface area contributed by atoms with Crippen molar-refractivity contribution >= 4 is 5.91 Å². The zero-order valence-electron chi connectivity index (χ0n) is 11.4. The molecular formula is C15H20F2N2O. The molecule has 5 heteroatoms. The van der Waals surface area contributed by atoms with Crippen molar-refractivity contribution in [3.05, 3.63) is 35.4 Å². The van der Waals surface area contributed by atoms with Gasteiger partial charge in [0.15, 0.2) is 0 Å². The minimum absolute atomic E-state index is 0.187. The molecule has 1 saturated carbocycles. The summed E-state index contributed by atoms with van der Waals surface area (Å²) in [5.74, 6) is -1.75. The van der Waals surface area contributed by atoms with Crippen molar-refractivity contribution < 1.29 is 13.6 Å². The van der Waals surface area contributed by atoms with Crippen molar-refractivity contribution in [2.75, 3.05) is 6.54 Å². The van der Waals surface area contributed by atoms with Crippen LogP contribution in [0.3, 0.4) is 0 Å². The molecule has 20 heavy (non-hydrogen) atoms. The Bertz CT molecular complexity index is 465. The number of nitrogens with one attached hydrogen (secondary N) is 1. The fourth-order valence-electron chi connectivity index (χ4n) is 2.81. The summed E-state index contributed by atoms with van der Waals surface area (Å²) in [7, 11) is 0. The third kappa shape index (κ3) is 3.33. The molecule has 0 atom stereocenters. The van der Waals surface area contributed by atoms with Crippen LogP contribution in [0.2, 0.25) is 0 Å². The van der Waals surface area contributed by atoms with E-state index in [0.29, 0.717) is 6.54 Å². The van der Waals surface area contributed by atoms with Crippen LogP contribution in [-0.4, -0.2) is 18.0 Å². The maximum absolute atomic E-state index is 13.5. The number of carbonyl (C=O) groups excluding carboxylic acids is 1. The molecule has 0 aliphatic heterocycles. The van der Waals surface area contributed by atoms with E-state index >= 15 is 0 Å². The molecule has 3 nitrogen and oxygen atoms in total. The van der Waals surface area contributed by atoms with Crippen LogP contribution in [0.25, 0.3) is 0 Å². The third-order valence-corrected chi connectivity index (χ3v) is 4.01. The van der Waals surface area contributed by atoms with E-state index in [-0.39, 0.29) is 17.9 Å². The van der Waals surface area contributed by atoms with Gasteiger partial charge in [-0.2, -0.15) is 0 Å². The number of amides is 1. The average Bonchev–Trinajstić information content (AvgIpc) is 2.44. The number of rotatable bonds is 4. The second-order valence-corrected chi connectivity index (χ2v) is 5.47. The Kier molecular flexibility index (Phi) is 4.70. The van der Waals surface area contributed by atoms with Gasteiger partial charge in [0.25, 0.3) is 0 Å². The lowest BCUT2D eigenvalue weighted by Crippen LogP contribution is -2.55. The van der Waals surface area contributed by atoms with Gasteiger partial charge < -0.3 is 11.1 Å². The van der Waals surface area contributed by atoms with Gasteiger partial charge in [0.1, 0.15) is 11.6 Å². The molecule has 0 spiro atoms. The van der Waals surface area contributed by atoms with Gasteiger partial charge in [0.05, 0.1) is 12.0 Å². The standard InChI is InChI=1S/C15H20F2N2O/c16-12-5-4-6-13(17)11(12)9-14(20)19-15(10-18)7-2-1-3-8-15/h4-6H,1-3,7-10,18H2,(H,19,20). The predicted molar refractivity (Wildman–Crippen MR) is 73.1 cm³/mol. The summed E-state index contributed by atoms with van der Waals surface area (Å²) in [5, 5.41) is 2.89. The molecule has 110 valence electrons. The van der Waals surface area contributed by atoms with Crippen molar-refractivity contribution in [1.82, 2.24) is 5.32 Å². The molecule has 0 aromatic heterocycles. The van der Waals surface area contributed by atoms with Crippen molar-refractivity contribution in [2.24, 2.45) is 5.73 Å². The van der Waals surface area contributed by atoms with Crippen LogP contribution in [-0.2, 0) is 11.2 Å². The van der Waals surface area contributed by atoms with Gasteiger partial charge in [-0.15, -0.1) is 0 Å². The van der Waals surface area contributed by atoms with Crippen LogP contribution < -0.4 is 11.1 Å². The summed E-state index contributed by atoms with van der Waals surface area (Å²) in [4.78, 5) is 12.0. The predicted octanol–water partition coefficient (Wildman–Crippen LogP) is 2.29. The monoisotopic (exact) mass is 282 g/mol. The highest BCUT2D eigenvalue weighted by atomic mass is 19.1. The Hall–Kier alpha value is -1.49. The Morgan fingerprint density at radius 2 is 1.80 bits per heavy atom. The van der Waals surface area contributed by atoms with Gasteiger partial charge in [0.2, 0.25) is 5.91 Å². The quantitative estimate of drug-likeness (QED) is 0.890. The smallest absolute Gasteiger partial charge is 0.225 e. The minimum atomic E-state index is -0.689. The molecular weight excluding hydrogens is 262 g/mol. The SMILES string of the molecule is NCC1(NC(=O)Cc2c(F)cccc2F)CCCCC1. The molecule has 3 N–H and O–H groups in total. The summed E-state index contributed by atoms with van der Waals surface area (Å²) in [6.45, 7) is 0.360. The third-order valence-electron chi connectivity index (χ3n) is 4.01. The Labute approximate surface area is 117 Å². The van der Waals surface area contributed by atoms with Crippen molar-refractivity contribution in [1.29, 1.82) is 0 Å². The highest BCUT2D eigenvalue weighted by Crippen LogP contribution is 2.27. The zero-order valence-corrected chi connectivity index (χ0v) is 11.4. The molecule has 0 heterocycles. The van der Waals surface area contributed by atoms with E-state index in [0.717, 1.165) is 44.2 Å². The summed E-state index contributed by atoms with van der Waals surface area (Å²) in [6, 6.07) is 3.60. The molecule has 0 bridgehead atoms. The van der Waals surface area contributed by atoms with Gasteiger partial charge in [0, 0.05) is 12.1 Å². The number of benzene rings is 1. The first-order valence-electron chi connectivity index (χ1n) is 7.00. The van der Waals surface area contributed by atoms with Crippen molar-refractivity contribution in [3.63, 3.8) is 0 Å². The van der Waals surface area contributed by atoms with Crippen molar-refractivity contribution in [3.8, 4) is 0 Å². The lowest BCUT2D eigenvalue weighted by molar-refractivity contribution is -0.122. The second kappa shape index (κ2) is 6.31. The minimum Gasteiger partial charge on any atom is -0.349 e. The van der Waals surface area contributed by atoms with Crippen LogP contribution in [0, 0.1) is 11.6 Å². The van der Waals surface area contributed by atoms with Gasteiger partial charge in [-0.25, -0.2) is 8.78 Å². The molecule has 1 fully saturated rings. The van der Waals surface area contributed by atoms with Gasteiger partial charge in [-0.1, -0.05) is 25.3 Å². The molecule has 1 aliphatic carbocycles. The van der Waals surface area contributed by atoms with Crippen LogP contribution in [0.5, 0.6) is 0 Å². The van der Waals surface area contributed by atoms with Crippen LogP contribution >= 0.6 is 0 Å². The number of carbonyl (C=O) groups is 1. The summed E-state index contributed by atoms with van der Waals surface area (Å²) in [6.07, 6.45) is 4.54.